The van der Waals surface area contributed by atoms with Crippen LogP contribution in [0.4, 0.5) is 5.69 Å². The zero-order chi connectivity index (χ0) is 20.3. The fraction of sp³-hybridized carbons (Fsp3) is 0.190. The molecule has 2 aromatic carbocycles. The molecule has 0 atom stereocenters. The smallest absolute Gasteiger partial charge is 0.356 e. The molecule has 6 nitrogen and oxygen atoms in total. The van der Waals surface area contributed by atoms with Crippen molar-refractivity contribution in [1.29, 1.82) is 0 Å². The highest BCUT2D eigenvalue weighted by atomic mass is 35.5. The molecule has 1 N–H and O–H groups in total. The molecule has 0 radical (unpaired) electrons. The van der Waals surface area contributed by atoms with Crippen LogP contribution in [0.5, 0.6) is 5.75 Å². The lowest BCUT2D eigenvalue weighted by molar-refractivity contribution is -0.118. The topological polar surface area (TPSA) is 77.5 Å². The number of nitrogens with zero attached hydrogens (tertiary/aromatic N) is 1. The SMILES string of the molecule is COC(=O)c1cc(OCC(=O)Nc2cc(C)ccc2C)c2cc(Cl)ccc2n1. The lowest BCUT2D eigenvalue weighted by Gasteiger charge is -2.12. The summed E-state index contributed by atoms with van der Waals surface area (Å²) >= 11 is 6.07. The average Bonchev–Trinajstić information content (AvgIpc) is 2.68. The number of carbonyl (C=O) groups is 2. The Balaban J connectivity index is 1.84. The van der Waals surface area contributed by atoms with Crippen LogP contribution in [0, 0.1) is 13.8 Å². The molecule has 28 heavy (non-hydrogen) atoms. The molecule has 3 aromatic rings. The Hall–Kier alpha value is -3.12. The molecule has 0 aliphatic carbocycles. The van der Waals surface area contributed by atoms with Gasteiger partial charge in [0.25, 0.3) is 5.91 Å². The van der Waals surface area contributed by atoms with Gasteiger partial charge in [0.15, 0.2) is 12.3 Å². The molecule has 0 unspecified atom stereocenters. The van der Waals surface area contributed by atoms with Crippen molar-refractivity contribution < 1.29 is 19.1 Å². The third-order valence-electron chi connectivity index (χ3n) is 4.15. The molecule has 0 spiro atoms. The molecular formula is C21H19ClN2O4. The monoisotopic (exact) mass is 398 g/mol. The normalized spacial score (nSPS) is 10.6. The molecular weight excluding hydrogens is 380 g/mol. The summed E-state index contributed by atoms with van der Waals surface area (Å²) in [6.07, 6.45) is 0. The molecule has 0 aliphatic rings. The largest absolute Gasteiger partial charge is 0.483 e. The lowest BCUT2D eigenvalue weighted by atomic mass is 10.1. The van der Waals surface area contributed by atoms with Gasteiger partial charge >= 0.3 is 5.97 Å². The number of aromatic nitrogens is 1. The van der Waals surface area contributed by atoms with Gasteiger partial charge in [-0.25, -0.2) is 9.78 Å². The third-order valence-corrected chi connectivity index (χ3v) is 4.39. The van der Waals surface area contributed by atoms with Crippen molar-refractivity contribution in [3.05, 3.63) is 64.3 Å². The van der Waals surface area contributed by atoms with Crippen molar-refractivity contribution in [1.82, 2.24) is 4.98 Å². The maximum absolute atomic E-state index is 12.4. The number of nitrogens with one attached hydrogen (secondary N) is 1. The van der Waals surface area contributed by atoms with Crippen LogP contribution in [0.3, 0.4) is 0 Å². The van der Waals surface area contributed by atoms with E-state index < -0.39 is 5.97 Å². The first-order valence-corrected chi connectivity index (χ1v) is 8.93. The van der Waals surface area contributed by atoms with E-state index in [-0.39, 0.29) is 18.2 Å². The van der Waals surface area contributed by atoms with Crippen molar-refractivity contribution in [2.24, 2.45) is 0 Å². The van der Waals surface area contributed by atoms with Gasteiger partial charge in [-0.15, -0.1) is 0 Å². The zero-order valence-corrected chi connectivity index (χ0v) is 16.5. The molecule has 0 bridgehead atoms. The maximum atomic E-state index is 12.4. The molecule has 0 saturated carbocycles. The predicted molar refractivity (Wildman–Crippen MR) is 108 cm³/mol. The van der Waals surface area contributed by atoms with Crippen LogP contribution in [0.1, 0.15) is 21.6 Å². The second-order valence-electron chi connectivity index (χ2n) is 6.31. The summed E-state index contributed by atoms with van der Waals surface area (Å²) < 4.78 is 10.4. The summed E-state index contributed by atoms with van der Waals surface area (Å²) in [7, 11) is 1.27. The number of amides is 1. The van der Waals surface area contributed by atoms with Crippen LogP contribution in [0.2, 0.25) is 5.02 Å². The van der Waals surface area contributed by atoms with E-state index in [1.54, 1.807) is 18.2 Å². The first-order chi connectivity index (χ1) is 13.4. The number of aryl methyl sites for hydroxylation is 2. The van der Waals surface area contributed by atoms with Crippen molar-refractivity contribution in [3.8, 4) is 5.75 Å². The van der Waals surface area contributed by atoms with Crippen molar-refractivity contribution in [3.63, 3.8) is 0 Å². The number of halogens is 1. The highest BCUT2D eigenvalue weighted by Crippen LogP contribution is 2.28. The number of rotatable bonds is 5. The fourth-order valence-corrected chi connectivity index (χ4v) is 2.87. The van der Waals surface area contributed by atoms with E-state index in [0.29, 0.717) is 21.7 Å². The molecule has 7 heteroatoms. The first kappa shape index (κ1) is 19.6. The van der Waals surface area contributed by atoms with Crippen LogP contribution in [0.15, 0.2) is 42.5 Å². The minimum absolute atomic E-state index is 0.0854. The Labute approximate surface area is 167 Å². The van der Waals surface area contributed by atoms with Crippen LogP contribution in [0.25, 0.3) is 10.9 Å². The van der Waals surface area contributed by atoms with E-state index in [4.69, 9.17) is 21.1 Å². The Morgan fingerprint density at radius 1 is 1.11 bits per heavy atom. The van der Waals surface area contributed by atoms with Gasteiger partial charge in [-0.3, -0.25) is 4.79 Å². The van der Waals surface area contributed by atoms with E-state index in [2.05, 4.69) is 10.3 Å². The molecule has 1 amide bonds. The van der Waals surface area contributed by atoms with Crippen LogP contribution in [-0.4, -0.2) is 30.6 Å². The van der Waals surface area contributed by atoms with Crippen LogP contribution in [-0.2, 0) is 9.53 Å². The molecule has 144 valence electrons. The molecule has 1 aromatic heterocycles. The van der Waals surface area contributed by atoms with Crippen LogP contribution < -0.4 is 10.1 Å². The summed E-state index contributed by atoms with van der Waals surface area (Å²) in [4.78, 5) is 28.5. The highest BCUT2D eigenvalue weighted by molar-refractivity contribution is 6.31. The van der Waals surface area contributed by atoms with Gasteiger partial charge < -0.3 is 14.8 Å². The number of benzene rings is 2. The molecule has 3 rings (SSSR count). The number of fused-ring (bicyclic) bond motifs is 1. The summed E-state index contributed by atoms with van der Waals surface area (Å²) in [6, 6.07) is 12.3. The van der Waals surface area contributed by atoms with Crippen LogP contribution >= 0.6 is 11.6 Å². The number of hydrogen-bond donors (Lipinski definition) is 1. The summed E-state index contributed by atoms with van der Waals surface area (Å²) in [5.41, 5.74) is 3.32. The summed E-state index contributed by atoms with van der Waals surface area (Å²) in [6.45, 7) is 3.63. The Morgan fingerprint density at radius 3 is 2.64 bits per heavy atom. The first-order valence-electron chi connectivity index (χ1n) is 8.56. The minimum Gasteiger partial charge on any atom is -0.483 e. The summed E-state index contributed by atoms with van der Waals surface area (Å²) in [5.74, 6) is -0.592. The highest BCUT2D eigenvalue weighted by Gasteiger charge is 2.15. The Bertz CT molecular complexity index is 1070. The van der Waals surface area contributed by atoms with E-state index in [0.717, 1.165) is 16.8 Å². The standard InChI is InChI=1S/C21H19ClN2O4/c1-12-4-5-13(2)17(8-12)24-20(25)11-28-19-10-18(21(26)27-3)23-16-7-6-14(22)9-15(16)19/h4-10H,11H2,1-3H3,(H,24,25). The number of hydrogen-bond acceptors (Lipinski definition) is 5. The van der Waals surface area contributed by atoms with Crippen molar-refractivity contribution in [2.45, 2.75) is 13.8 Å². The number of methoxy groups -OCH3 is 1. The number of anilines is 1. The quantitative estimate of drug-likeness (QED) is 0.648. The Kier molecular flexibility index (Phi) is 5.80. The lowest BCUT2D eigenvalue weighted by Crippen LogP contribution is -2.21. The van der Waals surface area contributed by atoms with Crippen molar-refractivity contribution >= 4 is 40.1 Å². The number of esters is 1. The molecule has 1 heterocycles. The van der Waals surface area contributed by atoms with E-state index in [1.165, 1.54) is 13.2 Å². The van der Waals surface area contributed by atoms with Crippen molar-refractivity contribution in [2.75, 3.05) is 19.0 Å². The minimum atomic E-state index is -0.596. The molecule has 0 fully saturated rings. The average molecular weight is 399 g/mol. The second-order valence-corrected chi connectivity index (χ2v) is 6.75. The fourth-order valence-electron chi connectivity index (χ4n) is 2.70. The van der Waals surface area contributed by atoms with Gasteiger partial charge in [0.05, 0.1) is 12.6 Å². The third kappa shape index (κ3) is 4.40. The van der Waals surface area contributed by atoms with E-state index >= 15 is 0 Å². The number of ether oxygens (including phenoxy) is 2. The molecule has 0 aliphatic heterocycles. The van der Waals surface area contributed by atoms with Gasteiger partial charge in [-0.05, 0) is 49.2 Å². The van der Waals surface area contributed by atoms with Gasteiger partial charge in [0.2, 0.25) is 0 Å². The maximum Gasteiger partial charge on any atom is 0.356 e. The van der Waals surface area contributed by atoms with Gasteiger partial charge in [-0.2, -0.15) is 0 Å². The van der Waals surface area contributed by atoms with Gasteiger partial charge in [-0.1, -0.05) is 23.7 Å². The second kappa shape index (κ2) is 8.27. The van der Waals surface area contributed by atoms with Gasteiger partial charge in [0.1, 0.15) is 5.75 Å². The number of pyridine rings is 1. The van der Waals surface area contributed by atoms with E-state index in [1.807, 2.05) is 32.0 Å². The molecule has 0 saturated heterocycles. The van der Waals surface area contributed by atoms with Gasteiger partial charge in [0, 0.05) is 22.2 Å². The Morgan fingerprint density at radius 2 is 1.89 bits per heavy atom. The zero-order valence-electron chi connectivity index (χ0n) is 15.7. The van der Waals surface area contributed by atoms with E-state index in [9.17, 15) is 9.59 Å². The number of carbonyl (C=O) groups excluding carboxylic acids is 2. The summed E-state index contributed by atoms with van der Waals surface area (Å²) in [5, 5.41) is 3.92. The predicted octanol–water partition coefficient (Wildman–Crippen LogP) is 4.31.